The van der Waals surface area contributed by atoms with Gasteiger partial charge in [-0.2, -0.15) is 61.4 Å². The highest BCUT2D eigenvalue weighted by atomic mass is 16.5. The van der Waals surface area contributed by atoms with Crippen LogP contribution in [-0.2, 0) is 70.2 Å². The first-order chi connectivity index (χ1) is 64.8. The molecule has 0 spiro atoms. The lowest BCUT2D eigenvalue weighted by Crippen LogP contribution is -2.22. The van der Waals surface area contributed by atoms with E-state index in [0.717, 1.165) is 226 Å². The van der Waals surface area contributed by atoms with Crippen LogP contribution in [0.15, 0.2) is 292 Å². The second kappa shape index (κ2) is 56.4. The number of azo groups is 6. The van der Waals surface area contributed by atoms with Crippen LogP contribution in [0.1, 0.15) is 104 Å². The minimum atomic E-state index is -0.177. The predicted octanol–water partition coefficient (Wildman–Crippen LogP) is 22.0. The summed E-state index contributed by atoms with van der Waals surface area (Å²) in [6, 6.07) is 70.1. The Hall–Kier alpha value is -14.5. The number of nitrogen functional groups attached to an aromatic ring is 12. The standard InChI is InChI=1S/C22H34N6.C18H26N6.C17H23N5.C16H20N4O.C15H19N5.C14H16N4O2/c1-5-27(6-2)15-17-13-19(23)9-11-21(17)25-26-22-12-10-20(24)14-18(22)16-28(7-3)8-4;1-23(2)11-13-9-15(19)5-7-17(13)21-22-18-8-6-16(20)10-14(18)12-24(3)4;1-3-22(4-2)12-13-11-15(19)7-10-17(13)21-20-16-8-5-14(18)6-9-16;1-3-11-8-13(17)6-7-15(11)19-20-16-9-14(18)5-4-12(16)10-21-2;1-20(2)10-11-9-13(17)5-8-15(11)19-18-14-6-3-12(16)4-7-14;15-11-3-4-13(10(5-11)8-20)17-18-14-6-12(16)2-1-9(14)7-19/h9-14H,5-8,15-16,23-24H2,1-4H3;5-10H,11-12,19-20H2,1-4H3;5-11H,3-4,12,18-19H2,1-2H3;4-9H,3,10,17-18H2,1-2H3;3-9H,10,16-17H2,1-2H3;1-6,19-20H,7-8,15-16H2. The maximum Gasteiger partial charge on any atom is 0.0932 e. The minimum Gasteiger partial charge on any atom is -0.399 e. The van der Waals surface area contributed by atoms with Gasteiger partial charge in [0, 0.05) is 131 Å². The van der Waals surface area contributed by atoms with Gasteiger partial charge in [-0.25, -0.2) is 0 Å². The Morgan fingerprint density at radius 3 is 0.667 bits per heavy atom. The second-order valence-electron chi connectivity index (χ2n) is 32.5. The quantitative estimate of drug-likeness (QED) is 0.0130. The number of aliphatic hydroxyl groups excluding tert-OH is 2. The van der Waals surface area contributed by atoms with E-state index in [1.165, 1.54) is 0 Å². The van der Waals surface area contributed by atoms with E-state index in [9.17, 15) is 10.2 Å². The number of ether oxygens (including phenoxy) is 1. The van der Waals surface area contributed by atoms with Gasteiger partial charge in [-0.1, -0.05) is 60.6 Å². The highest BCUT2D eigenvalue weighted by Crippen LogP contribution is 2.36. The van der Waals surface area contributed by atoms with E-state index in [1.54, 1.807) is 61.7 Å². The first-order valence-electron chi connectivity index (χ1n) is 44.7. The van der Waals surface area contributed by atoms with Gasteiger partial charge in [0.1, 0.15) is 0 Å². The molecule has 0 amide bonds. The van der Waals surface area contributed by atoms with Crippen LogP contribution >= 0.6 is 0 Å². The normalized spacial score (nSPS) is 11.5. The first kappa shape index (κ1) is 108. The third-order valence-electron chi connectivity index (χ3n) is 20.8. The number of benzene rings is 12. The lowest BCUT2D eigenvalue weighted by molar-refractivity contribution is 0.185. The van der Waals surface area contributed by atoms with Crippen molar-refractivity contribution in [3.63, 3.8) is 0 Å². The molecular formula is C102H138N30O3. The number of nitrogens with two attached hydrogens (primary N) is 12. The second-order valence-corrected chi connectivity index (χ2v) is 32.5. The van der Waals surface area contributed by atoms with E-state index >= 15 is 0 Å². The van der Waals surface area contributed by atoms with Crippen LogP contribution in [0.25, 0.3) is 0 Å². The Labute approximate surface area is 795 Å². The Morgan fingerprint density at radius 1 is 0.215 bits per heavy atom. The van der Waals surface area contributed by atoms with Gasteiger partial charge in [-0.15, -0.1) is 0 Å². The third kappa shape index (κ3) is 37.2. The maximum atomic E-state index is 9.27. The Kier molecular flexibility index (Phi) is 44.9. The van der Waals surface area contributed by atoms with E-state index in [0.29, 0.717) is 57.5 Å². The summed E-state index contributed by atoms with van der Waals surface area (Å²) in [7, 11) is 13.7. The van der Waals surface area contributed by atoms with Gasteiger partial charge in [0.15, 0.2) is 0 Å². The van der Waals surface area contributed by atoms with Crippen LogP contribution in [0.2, 0.25) is 0 Å². The largest absolute Gasteiger partial charge is 0.399 e. The van der Waals surface area contributed by atoms with Crippen molar-refractivity contribution in [2.24, 2.45) is 61.4 Å². The highest BCUT2D eigenvalue weighted by molar-refractivity contribution is 5.64. The number of hydrogen-bond acceptors (Lipinski definition) is 33. The molecule has 26 N–H and O–H groups in total. The molecule has 0 fully saturated rings. The number of aliphatic hydroxyl groups is 2. The molecule has 12 rings (SSSR count). The summed E-state index contributed by atoms with van der Waals surface area (Å²) >= 11 is 0. The number of hydrogen-bond donors (Lipinski definition) is 14. The number of rotatable bonds is 35. The molecular weight excluding hydrogens is 1690 g/mol. The van der Waals surface area contributed by atoms with Crippen molar-refractivity contribution < 1.29 is 14.9 Å². The molecule has 0 saturated heterocycles. The molecule has 0 unspecified atom stereocenters. The smallest absolute Gasteiger partial charge is 0.0932 e. The number of methoxy groups -OCH3 is 1. The first-order valence-corrected chi connectivity index (χ1v) is 44.7. The fourth-order valence-electron chi connectivity index (χ4n) is 13.4. The number of aryl methyl sites for hydroxylation is 1. The molecule has 135 heavy (non-hydrogen) atoms. The average Bonchev–Trinajstić information content (AvgIpc) is 0.853. The van der Waals surface area contributed by atoms with Gasteiger partial charge in [-0.3, -0.25) is 14.7 Å². The summed E-state index contributed by atoms with van der Waals surface area (Å²) in [6.45, 7) is 25.7. The summed E-state index contributed by atoms with van der Waals surface area (Å²) < 4.78 is 5.16. The van der Waals surface area contributed by atoms with Gasteiger partial charge in [0.25, 0.3) is 0 Å². The van der Waals surface area contributed by atoms with Crippen LogP contribution in [0.4, 0.5) is 136 Å². The topological polar surface area (TPSA) is 530 Å². The van der Waals surface area contributed by atoms with Crippen molar-refractivity contribution in [1.82, 2.24) is 29.4 Å². The average molecular weight is 1830 g/mol. The Balaban J connectivity index is 0.000000222. The molecule has 12 aromatic carbocycles. The van der Waals surface area contributed by atoms with Crippen molar-refractivity contribution in [1.29, 1.82) is 0 Å². The van der Waals surface area contributed by atoms with Crippen LogP contribution in [-0.4, -0.2) is 128 Å². The molecule has 0 saturated carbocycles. The van der Waals surface area contributed by atoms with E-state index in [2.05, 4.69) is 139 Å². The van der Waals surface area contributed by atoms with Crippen molar-refractivity contribution >= 4 is 136 Å². The lowest BCUT2D eigenvalue weighted by atomic mass is 10.1. The van der Waals surface area contributed by atoms with Gasteiger partial charge >= 0.3 is 0 Å². The van der Waals surface area contributed by atoms with Crippen LogP contribution in [0, 0.1) is 0 Å². The molecule has 0 aliphatic heterocycles. The fraction of sp³-hybridized carbons (Fsp3) is 0.294. The SMILES string of the molecule is CCN(CC)Cc1cc(N)ccc1N=Nc1ccc(N)cc1.CCN(CC)Cc1cc(N)ccc1N=Nc1ccc(N)cc1CN(CC)CC.CCc1cc(N)ccc1N=Nc1cc(N)ccc1COC.CN(C)Cc1cc(N)ccc1N=Nc1ccc(N)cc1.CN(C)Cc1cc(N)ccc1N=Nc1ccc(N)cc1CN(C)C.Nc1ccc(N=Nc2cc(N)ccc2CO)c(CO)c1. The van der Waals surface area contributed by atoms with Crippen molar-refractivity contribution in [3.05, 3.63) is 286 Å². The summed E-state index contributed by atoms with van der Waals surface area (Å²) in [6.07, 6.45) is 0.848. The molecule has 714 valence electrons. The zero-order chi connectivity index (χ0) is 98.5. The minimum absolute atomic E-state index is 0.150. The molecule has 33 heteroatoms. The Bertz CT molecular complexity index is 5740. The van der Waals surface area contributed by atoms with Crippen LogP contribution in [0.5, 0.6) is 0 Å². The third-order valence-corrected chi connectivity index (χ3v) is 20.8. The van der Waals surface area contributed by atoms with Crippen LogP contribution in [0.3, 0.4) is 0 Å². The zero-order valence-electron chi connectivity index (χ0n) is 80.5. The van der Waals surface area contributed by atoms with E-state index in [4.69, 9.17) is 73.5 Å². The van der Waals surface area contributed by atoms with E-state index in [-0.39, 0.29) is 13.2 Å². The zero-order valence-corrected chi connectivity index (χ0v) is 80.5. The maximum absolute atomic E-state index is 9.27. The highest BCUT2D eigenvalue weighted by Gasteiger charge is 2.16. The number of nitrogens with zero attached hydrogens (tertiary/aromatic N) is 18. The van der Waals surface area contributed by atoms with Gasteiger partial charge in [-0.05, 0) is 345 Å². The van der Waals surface area contributed by atoms with E-state index < -0.39 is 0 Å². The summed E-state index contributed by atoms with van der Waals surface area (Å²) in [4.78, 5) is 13.2. The number of anilines is 12. The van der Waals surface area contributed by atoms with Crippen molar-refractivity contribution in [3.8, 4) is 0 Å². The molecule has 0 radical (unpaired) electrons. The molecule has 0 aromatic heterocycles. The Morgan fingerprint density at radius 2 is 0.415 bits per heavy atom. The van der Waals surface area contributed by atoms with Gasteiger partial charge < -0.3 is 98.5 Å². The van der Waals surface area contributed by atoms with Gasteiger partial charge in [0.05, 0.1) is 88.1 Å². The monoisotopic (exact) mass is 1830 g/mol. The summed E-state index contributed by atoms with van der Waals surface area (Å²) in [5.41, 5.74) is 96.9. The van der Waals surface area contributed by atoms with Crippen molar-refractivity contribution in [2.45, 2.75) is 114 Å². The molecule has 0 aliphatic rings. The predicted molar refractivity (Wildman–Crippen MR) is 559 cm³/mol. The molecule has 12 aromatic rings. The van der Waals surface area contributed by atoms with Crippen LogP contribution < -0.4 is 68.8 Å². The molecule has 0 bridgehead atoms. The summed E-state index contributed by atoms with van der Waals surface area (Å²) in [5, 5.41) is 70.5. The summed E-state index contributed by atoms with van der Waals surface area (Å²) in [5.74, 6) is 0. The van der Waals surface area contributed by atoms with Crippen molar-refractivity contribution in [2.75, 3.05) is 157 Å². The lowest BCUT2D eigenvalue weighted by Gasteiger charge is -2.19. The molecule has 0 atom stereocenters. The van der Waals surface area contributed by atoms with E-state index in [1.807, 2.05) is 218 Å². The fourth-order valence-corrected chi connectivity index (χ4v) is 13.4. The molecule has 0 heterocycles. The molecule has 0 aliphatic carbocycles. The molecule has 33 nitrogen and oxygen atoms in total. The van der Waals surface area contributed by atoms with Gasteiger partial charge in [0.2, 0.25) is 0 Å².